The Kier molecular flexibility index (Phi) is 8.97. The van der Waals surface area contributed by atoms with Gasteiger partial charge < -0.3 is 24.1 Å². The molecule has 2 heterocycles. The summed E-state index contributed by atoms with van der Waals surface area (Å²) in [4.78, 5) is 45.5. The summed E-state index contributed by atoms with van der Waals surface area (Å²) in [6, 6.07) is 8.94. The molecule has 41 heavy (non-hydrogen) atoms. The normalized spacial score (nSPS) is 16.1. The molecule has 216 valence electrons. The van der Waals surface area contributed by atoms with Crippen molar-refractivity contribution in [2.45, 2.75) is 40.2 Å². The molecule has 1 atom stereocenters. The average molecular weight is 581 g/mol. The molecule has 1 aliphatic heterocycles. The maximum Gasteiger partial charge on any atom is 0.350 e. The van der Waals surface area contributed by atoms with Gasteiger partial charge in [0.05, 0.1) is 44.7 Å². The SMILES string of the molecule is CCCOc1ccc(/C(O)=C2\C(=O)C(=O)N(c3nc(C)c(C(=O)OCC)s3)C2c2ccc(OC)c(OC)c2)cc1C. The molecule has 4 rings (SSSR count). The summed E-state index contributed by atoms with van der Waals surface area (Å²) in [5.41, 5.74) is 1.80. The molecule has 0 spiro atoms. The van der Waals surface area contributed by atoms with E-state index in [9.17, 15) is 19.5 Å². The molecule has 0 saturated carbocycles. The molecule has 1 saturated heterocycles. The second kappa shape index (κ2) is 12.4. The molecule has 1 unspecified atom stereocenters. The molecule has 0 bridgehead atoms. The summed E-state index contributed by atoms with van der Waals surface area (Å²) in [6.07, 6.45) is 0.837. The Morgan fingerprint density at radius 1 is 1.02 bits per heavy atom. The highest BCUT2D eigenvalue weighted by molar-refractivity contribution is 7.17. The Balaban J connectivity index is 1.91. The zero-order valence-corrected chi connectivity index (χ0v) is 24.6. The van der Waals surface area contributed by atoms with Gasteiger partial charge in [0.2, 0.25) is 0 Å². The number of amides is 1. The van der Waals surface area contributed by atoms with Crippen LogP contribution in [0.4, 0.5) is 5.13 Å². The summed E-state index contributed by atoms with van der Waals surface area (Å²) < 4.78 is 21.7. The quantitative estimate of drug-likeness (QED) is 0.146. The van der Waals surface area contributed by atoms with Gasteiger partial charge in [-0.25, -0.2) is 9.78 Å². The van der Waals surface area contributed by atoms with Gasteiger partial charge in [0, 0.05) is 5.56 Å². The number of aliphatic hydroxyl groups is 1. The van der Waals surface area contributed by atoms with Gasteiger partial charge >= 0.3 is 11.9 Å². The van der Waals surface area contributed by atoms with Crippen LogP contribution in [0.25, 0.3) is 5.76 Å². The van der Waals surface area contributed by atoms with Gasteiger partial charge in [0.25, 0.3) is 5.78 Å². The van der Waals surface area contributed by atoms with E-state index in [0.717, 1.165) is 23.3 Å². The smallest absolute Gasteiger partial charge is 0.350 e. The number of carbonyl (C=O) groups is 3. The lowest BCUT2D eigenvalue weighted by Crippen LogP contribution is -2.29. The minimum absolute atomic E-state index is 0.117. The number of nitrogens with zero attached hydrogens (tertiary/aromatic N) is 2. The summed E-state index contributed by atoms with van der Waals surface area (Å²) in [7, 11) is 2.97. The molecule has 3 aromatic rings. The Hall–Kier alpha value is -4.38. The van der Waals surface area contributed by atoms with Crippen molar-refractivity contribution in [2.24, 2.45) is 0 Å². The number of anilines is 1. The highest BCUT2D eigenvalue weighted by atomic mass is 32.1. The number of methoxy groups -OCH3 is 2. The van der Waals surface area contributed by atoms with E-state index >= 15 is 0 Å². The van der Waals surface area contributed by atoms with Crippen LogP contribution in [0.15, 0.2) is 42.0 Å². The third-order valence-corrected chi connectivity index (χ3v) is 7.67. The van der Waals surface area contributed by atoms with Gasteiger partial charge in [0.1, 0.15) is 16.4 Å². The van der Waals surface area contributed by atoms with Gasteiger partial charge in [-0.05, 0) is 68.7 Å². The number of hydrogen-bond donors (Lipinski definition) is 1. The van der Waals surface area contributed by atoms with Gasteiger partial charge in [-0.15, -0.1) is 0 Å². The first-order valence-corrected chi connectivity index (χ1v) is 13.9. The number of aliphatic hydroxyl groups excluding tert-OH is 1. The van der Waals surface area contributed by atoms with E-state index in [1.54, 1.807) is 50.2 Å². The number of carbonyl (C=O) groups excluding carboxylic acids is 3. The number of thiazole rings is 1. The van der Waals surface area contributed by atoms with E-state index in [4.69, 9.17) is 18.9 Å². The van der Waals surface area contributed by atoms with Crippen LogP contribution in [-0.4, -0.2) is 55.2 Å². The van der Waals surface area contributed by atoms with Crippen molar-refractivity contribution in [1.82, 2.24) is 4.98 Å². The second-order valence-corrected chi connectivity index (χ2v) is 10.2. The number of esters is 1. The first kappa shape index (κ1) is 29.6. The van der Waals surface area contributed by atoms with Crippen LogP contribution in [-0.2, 0) is 14.3 Å². The van der Waals surface area contributed by atoms with Crippen molar-refractivity contribution < 1.29 is 38.4 Å². The molecule has 1 fully saturated rings. The zero-order chi connectivity index (χ0) is 29.8. The van der Waals surface area contributed by atoms with Gasteiger partial charge in [-0.1, -0.05) is 24.3 Å². The lowest BCUT2D eigenvalue weighted by atomic mass is 9.94. The number of aryl methyl sites for hydroxylation is 2. The molecule has 1 N–H and O–H groups in total. The number of ether oxygens (including phenoxy) is 4. The molecule has 0 radical (unpaired) electrons. The maximum atomic E-state index is 13.6. The Morgan fingerprint density at radius 2 is 1.73 bits per heavy atom. The molecule has 10 nitrogen and oxygen atoms in total. The summed E-state index contributed by atoms with van der Waals surface area (Å²) in [5, 5.41) is 11.7. The van der Waals surface area contributed by atoms with Crippen molar-refractivity contribution in [1.29, 1.82) is 0 Å². The van der Waals surface area contributed by atoms with Crippen LogP contribution in [0.1, 0.15) is 58.4 Å². The van der Waals surface area contributed by atoms with E-state index in [2.05, 4.69) is 4.98 Å². The highest BCUT2D eigenvalue weighted by Gasteiger charge is 2.48. The van der Waals surface area contributed by atoms with E-state index in [1.807, 2.05) is 13.8 Å². The molecule has 1 aliphatic rings. The Bertz CT molecular complexity index is 1530. The number of ketones is 1. The summed E-state index contributed by atoms with van der Waals surface area (Å²) in [5.74, 6) is -1.24. The monoisotopic (exact) mass is 580 g/mol. The van der Waals surface area contributed by atoms with E-state index in [-0.39, 0.29) is 27.9 Å². The molecule has 11 heteroatoms. The maximum absolute atomic E-state index is 13.6. The van der Waals surface area contributed by atoms with Gasteiger partial charge in [-0.2, -0.15) is 0 Å². The number of benzene rings is 2. The third-order valence-electron chi connectivity index (χ3n) is 6.53. The molecule has 0 aliphatic carbocycles. The number of Topliss-reactive ketones (excluding diaryl/α,β-unsaturated/α-hetero) is 1. The first-order valence-electron chi connectivity index (χ1n) is 13.1. The summed E-state index contributed by atoms with van der Waals surface area (Å²) in [6.45, 7) is 7.86. The van der Waals surface area contributed by atoms with Crippen LogP contribution in [0.2, 0.25) is 0 Å². The predicted molar refractivity (Wildman–Crippen MR) is 154 cm³/mol. The molecular weight excluding hydrogens is 548 g/mol. The number of aromatic nitrogens is 1. The van der Waals surface area contributed by atoms with Gasteiger partial charge in [-0.3, -0.25) is 14.5 Å². The van der Waals surface area contributed by atoms with Crippen molar-refractivity contribution >= 4 is 39.9 Å². The van der Waals surface area contributed by atoms with Crippen molar-refractivity contribution in [2.75, 3.05) is 32.3 Å². The van der Waals surface area contributed by atoms with E-state index in [0.29, 0.717) is 40.7 Å². The number of hydrogen-bond acceptors (Lipinski definition) is 10. The fourth-order valence-corrected chi connectivity index (χ4v) is 5.55. The van der Waals surface area contributed by atoms with Gasteiger partial charge in [0.15, 0.2) is 16.6 Å². The predicted octanol–water partition coefficient (Wildman–Crippen LogP) is 5.37. The van der Waals surface area contributed by atoms with Crippen LogP contribution in [0.5, 0.6) is 17.2 Å². The lowest BCUT2D eigenvalue weighted by Gasteiger charge is -2.24. The zero-order valence-electron chi connectivity index (χ0n) is 23.8. The molecule has 2 aromatic carbocycles. The fraction of sp³-hybridized carbons (Fsp3) is 0.333. The van der Waals surface area contributed by atoms with Crippen LogP contribution < -0.4 is 19.1 Å². The van der Waals surface area contributed by atoms with Crippen molar-refractivity contribution in [3.05, 3.63) is 69.2 Å². The second-order valence-electron chi connectivity index (χ2n) is 9.24. The largest absolute Gasteiger partial charge is 0.507 e. The molecule has 1 aromatic heterocycles. The first-order chi connectivity index (χ1) is 19.7. The third kappa shape index (κ3) is 5.62. The average Bonchev–Trinajstić information content (AvgIpc) is 3.47. The Morgan fingerprint density at radius 3 is 2.37 bits per heavy atom. The van der Waals surface area contributed by atoms with Crippen LogP contribution in [0, 0.1) is 13.8 Å². The van der Waals surface area contributed by atoms with E-state index in [1.165, 1.54) is 19.1 Å². The minimum Gasteiger partial charge on any atom is -0.507 e. The Labute approximate surface area is 242 Å². The van der Waals surface area contributed by atoms with E-state index < -0.39 is 23.7 Å². The van der Waals surface area contributed by atoms with Crippen LogP contribution in [0.3, 0.4) is 0 Å². The highest BCUT2D eigenvalue weighted by Crippen LogP contribution is 2.45. The summed E-state index contributed by atoms with van der Waals surface area (Å²) >= 11 is 0.939. The lowest BCUT2D eigenvalue weighted by molar-refractivity contribution is -0.132. The molecule has 1 amide bonds. The van der Waals surface area contributed by atoms with Crippen LogP contribution >= 0.6 is 11.3 Å². The van der Waals surface area contributed by atoms with Crippen molar-refractivity contribution in [3.63, 3.8) is 0 Å². The number of rotatable bonds is 10. The standard InChI is InChI=1S/C30H32N2O8S/c1-7-13-40-20-11-10-19(14-16(20)3)25(33)23-24(18-9-12-21(37-5)22(15-18)38-6)32(28(35)26(23)34)30-31-17(4)27(41-30)29(36)39-8-2/h9-12,14-15,24,33H,7-8,13H2,1-6H3/b25-23+. The fourth-order valence-electron chi connectivity index (χ4n) is 4.57. The molecular formula is C30H32N2O8S. The van der Waals surface area contributed by atoms with Crippen molar-refractivity contribution in [3.8, 4) is 17.2 Å². The topological polar surface area (TPSA) is 124 Å². The minimum atomic E-state index is -1.08.